The molecule has 0 bridgehead atoms. The van der Waals surface area contributed by atoms with E-state index in [1.165, 1.54) is 12.1 Å². The molecular formula is C12H12F3N3. The van der Waals surface area contributed by atoms with Gasteiger partial charge in [0.25, 0.3) is 0 Å². The van der Waals surface area contributed by atoms with E-state index in [0.29, 0.717) is 26.2 Å². The standard InChI is InChI=1S/C12H12F3N3/c13-12(14,15)10-2-1-9(8-16)7-11(10)18-5-3-17-4-6-18/h1-2,7,17H,3-6H2. The molecule has 0 aromatic heterocycles. The summed E-state index contributed by atoms with van der Waals surface area (Å²) in [7, 11) is 0. The number of benzene rings is 1. The molecule has 18 heavy (non-hydrogen) atoms. The second kappa shape index (κ2) is 4.86. The number of rotatable bonds is 1. The fraction of sp³-hybridized carbons (Fsp3) is 0.417. The largest absolute Gasteiger partial charge is 0.418 e. The van der Waals surface area contributed by atoms with Gasteiger partial charge in [0.05, 0.1) is 22.9 Å². The van der Waals surface area contributed by atoms with E-state index >= 15 is 0 Å². The number of nitrogens with one attached hydrogen (secondary N) is 1. The smallest absolute Gasteiger partial charge is 0.368 e. The lowest BCUT2D eigenvalue weighted by molar-refractivity contribution is -0.137. The first-order valence-corrected chi connectivity index (χ1v) is 5.59. The van der Waals surface area contributed by atoms with E-state index in [4.69, 9.17) is 5.26 Å². The maximum absolute atomic E-state index is 12.9. The minimum Gasteiger partial charge on any atom is -0.368 e. The lowest BCUT2D eigenvalue weighted by Crippen LogP contribution is -2.44. The van der Waals surface area contributed by atoms with E-state index in [1.807, 2.05) is 6.07 Å². The van der Waals surface area contributed by atoms with Crippen LogP contribution in [-0.4, -0.2) is 26.2 Å². The molecule has 1 aliphatic rings. The Morgan fingerprint density at radius 1 is 1.22 bits per heavy atom. The van der Waals surface area contributed by atoms with Gasteiger partial charge in [-0.15, -0.1) is 0 Å². The highest BCUT2D eigenvalue weighted by Gasteiger charge is 2.35. The summed E-state index contributed by atoms with van der Waals surface area (Å²) in [4.78, 5) is 1.67. The number of anilines is 1. The van der Waals surface area contributed by atoms with Crippen LogP contribution < -0.4 is 10.2 Å². The number of hydrogen-bond donors (Lipinski definition) is 1. The van der Waals surface area contributed by atoms with Crippen LogP contribution in [0.15, 0.2) is 18.2 Å². The number of alkyl halides is 3. The Bertz CT molecular complexity index is 470. The molecule has 0 atom stereocenters. The molecule has 0 radical (unpaired) electrons. The first kappa shape index (κ1) is 12.7. The number of hydrogen-bond acceptors (Lipinski definition) is 3. The molecule has 3 nitrogen and oxygen atoms in total. The van der Waals surface area contributed by atoms with Crippen molar-refractivity contribution in [1.82, 2.24) is 5.32 Å². The van der Waals surface area contributed by atoms with Gasteiger partial charge >= 0.3 is 6.18 Å². The van der Waals surface area contributed by atoms with Gasteiger partial charge in [-0.05, 0) is 18.2 Å². The van der Waals surface area contributed by atoms with Crippen molar-refractivity contribution in [1.29, 1.82) is 5.26 Å². The van der Waals surface area contributed by atoms with Gasteiger partial charge < -0.3 is 10.2 Å². The third-order valence-electron chi connectivity index (χ3n) is 2.89. The van der Waals surface area contributed by atoms with E-state index in [0.717, 1.165) is 6.07 Å². The Labute approximate surface area is 103 Å². The molecule has 0 aliphatic carbocycles. The Hall–Kier alpha value is -1.74. The van der Waals surface area contributed by atoms with Gasteiger partial charge in [-0.3, -0.25) is 0 Å². The third-order valence-corrected chi connectivity index (χ3v) is 2.89. The maximum Gasteiger partial charge on any atom is 0.418 e. The van der Waals surface area contributed by atoms with Gasteiger partial charge in [0.1, 0.15) is 0 Å². The summed E-state index contributed by atoms with van der Waals surface area (Å²) in [5, 5.41) is 11.9. The Kier molecular flexibility index (Phi) is 3.43. The van der Waals surface area contributed by atoms with Gasteiger partial charge in [-0.1, -0.05) is 0 Å². The third kappa shape index (κ3) is 2.57. The summed E-state index contributed by atoms with van der Waals surface area (Å²) in [5.41, 5.74) is -0.331. The molecule has 0 amide bonds. The lowest BCUT2D eigenvalue weighted by atomic mass is 10.1. The molecule has 96 valence electrons. The first-order chi connectivity index (χ1) is 8.52. The highest BCUT2D eigenvalue weighted by atomic mass is 19.4. The summed E-state index contributed by atoms with van der Waals surface area (Å²) in [6.07, 6.45) is -4.39. The van der Waals surface area contributed by atoms with Gasteiger partial charge in [0.15, 0.2) is 0 Å². The first-order valence-electron chi connectivity index (χ1n) is 5.59. The quantitative estimate of drug-likeness (QED) is 0.834. The van der Waals surface area contributed by atoms with Crippen molar-refractivity contribution >= 4 is 5.69 Å². The minimum absolute atomic E-state index is 0.100. The summed E-state index contributed by atoms with van der Waals surface area (Å²) in [6.45, 7) is 2.32. The van der Waals surface area contributed by atoms with E-state index < -0.39 is 11.7 Å². The van der Waals surface area contributed by atoms with Crippen LogP contribution in [0.25, 0.3) is 0 Å². The Morgan fingerprint density at radius 2 is 1.89 bits per heavy atom. The minimum atomic E-state index is -4.39. The topological polar surface area (TPSA) is 39.1 Å². The van der Waals surface area contributed by atoms with Crippen LogP contribution >= 0.6 is 0 Å². The van der Waals surface area contributed by atoms with Crippen molar-refractivity contribution in [2.75, 3.05) is 31.1 Å². The van der Waals surface area contributed by atoms with Crippen LogP contribution in [0.2, 0.25) is 0 Å². The zero-order valence-electron chi connectivity index (χ0n) is 9.59. The Morgan fingerprint density at radius 3 is 2.44 bits per heavy atom. The predicted molar refractivity (Wildman–Crippen MR) is 61.2 cm³/mol. The van der Waals surface area contributed by atoms with Crippen molar-refractivity contribution in [2.45, 2.75) is 6.18 Å². The molecular weight excluding hydrogens is 243 g/mol. The summed E-state index contributed by atoms with van der Waals surface area (Å²) in [5.74, 6) is 0. The highest BCUT2D eigenvalue weighted by molar-refractivity contribution is 5.59. The van der Waals surface area contributed by atoms with E-state index in [-0.39, 0.29) is 11.3 Å². The van der Waals surface area contributed by atoms with Gasteiger partial charge in [0.2, 0.25) is 0 Å². The van der Waals surface area contributed by atoms with Crippen LogP contribution in [0.4, 0.5) is 18.9 Å². The zero-order chi connectivity index (χ0) is 13.2. The van der Waals surface area contributed by atoms with E-state index in [2.05, 4.69) is 5.32 Å². The molecule has 0 unspecified atom stereocenters. The normalized spacial score (nSPS) is 16.4. The summed E-state index contributed by atoms with van der Waals surface area (Å²) in [6, 6.07) is 5.37. The van der Waals surface area contributed by atoms with Crippen LogP contribution in [0.5, 0.6) is 0 Å². The number of piperazine rings is 1. The van der Waals surface area contributed by atoms with Crippen LogP contribution in [0, 0.1) is 11.3 Å². The molecule has 1 aromatic rings. The molecule has 1 saturated heterocycles. The van der Waals surface area contributed by atoms with Crippen LogP contribution in [0.1, 0.15) is 11.1 Å². The number of halogens is 3. The average molecular weight is 255 g/mol. The van der Waals surface area contributed by atoms with Crippen molar-refractivity contribution in [3.8, 4) is 6.07 Å². The van der Waals surface area contributed by atoms with Gasteiger partial charge in [0, 0.05) is 26.2 Å². The summed E-state index contributed by atoms with van der Waals surface area (Å²) >= 11 is 0. The van der Waals surface area contributed by atoms with Crippen molar-refractivity contribution in [2.24, 2.45) is 0 Å². The second-order valence-electron chi connectivity index (χ2n) is 4.08. The van der Waals surface area contributed by atoms with Crippen molar-refractivity contribution < 1.29 is 13.2 Å². The molecule has 6 heteroatoms. The second-order valence-corrected chi connectivity index (χ2v) is 4.08. The van der Waals surface area contributed by atoms with E-state index in [1.54, 1.807) is 4.90 Å². The molecule has 1 N–H and O–H groups in total. The van der Waals surface area contributed by atoms with Crippen LogP contribution in [0.3, 0.4) is 0 Å². The molecule has 1 aliphatic heterocycles. The molecule has 1 aromatic carbocycles. The monoisotopic (exact) mass is 255 g/mol. The molecule has 0 spiro atoms. The lowest BCUT2D eigenvalue weighted by Gasteiger charge is -2.31. The average Bonchev–Trinajstić information content (AvgIpc) is 2.38. The number of nitrogens with zero attached hydrogens (tertiary/aromatic N) is 2. The van der Waals surface area contributed by atoms with Crippen molar-refractivity contribution in [3.05, 3.63) is 29.3 Å². The van der Waals surface area contributed by atoms with Crippen molar-refractivity contribution in [3.63, 3.8) is 0 Å². The van der Waals surface area contributed by atoms with Crippen LogP contribution in [-0.2, 0) is 6.18 Å². The Balaban J connectivity index is 2.44. The fourth-order valence-corrected chi connectivity index (χ4v) is 2.01. The van der Waals surface area contributed by atoms with Gasteiger partial charge in [-0.2, -0.15) is 18.4 Å². The molecule has 0 saturated carbocycles. The predicted octanol–water partition coefficient (Wildman–Crippen LogP) is 1.99. The highest BCUT2D eigenvalue weighted by Crippen LogP contribution is 2.37. The maximum atomic E-state index is 12.9. The zero-order valence-corrected chi connectivity index (χ0v) is 9.59. The SMILES string of the molecule is N#Cc1ccc(C(F)(F)F)c(N2CCNCC2)c1. The van der Waals surface area contributed by atoms with Gasteiger partial charge in [-0.25, -0.2) is 0 Å². The fourth-order valence-electron chi connectivity index (χ4n) is 2.01. The van der Waals surface area contributed by atoms with E-state index in [9.17, 15) is 13.2 Å². The molecule has 2 rings (SSSR count). The summed E-state index contributed by atoms with van der Waals surface area (Å²) < 4.78 is 38.7. The molecule has 1 fully saturated rings. The molecule has 1 heterocycles. The number of nitriles is 1.